The molecule has 1 heterocycles. The van der Waals surface area contributed by atoms with Crippen LogP contribution < -0.4 is 0 Å². The van der Waals surface area contributed by atoms with Crippen LogP contribution in [0.1, 0.15) is 106 Å². The number of rotatable bonds is 6. The molecule has 5 aliphatic rings. The predicted molar refractivity (Wildman–Crippen MR) is 156 cm³/mol. The Labute approximate surface area is 229 Å². The summed E-state index contributed by atoms with van der Waals surface area (Å²) in [5.41, 5.74) is 2.36. The third kappa shape index (κ3) is 4.76. The van der Waals surface area contributed by atoms with E-state index in [1.807, 2.05) is 0 Å². The summed E-state index contributed by atoms with van der Waals surface area (Å²) in [6.45, 7) is 22.7. The maximum atomic E-state index is 10.3. The minimum Gasteiger partial charge on any atom is -0.417 e. The lowest BCUT2D eigenvalue weighted by molar-refractivity contribution is -0.0590. The van der Waals surface area contributed by atoms with Crippen LogP contribution >= 0.6 is 0 Å². The lowest BCUT2D eigenvalue weighted by atomic mass is 9.47. The third-order valence-electron chi connectivity index (χ3n) is 13.1. The van der Waals surface area contributed by atoms with Crippen LogP contribution in [0.2, 0.25) is 18.1 Å². The number of hydrogen-bond donors (Lipinski definition) is 1. The molecule has 0 spiro atoms. The van der Waals surface area contributed by atoms with Gasteiger partial charge in [-0.2, -0.15) is 0 Å². The Hall–Kier alpha value is -0.163. The number of fused-ring (bicyclic) bond motifs is 7. The quantitative estimate of drug-likeness (QED) is 0.277. The minimum absolute atomic E-state index is 0.108. The summed E-state index contributed by atoms with van der Waals surface area (Å²) < 4.78 is 13.5. The van der Waals surface area contributed by atoms with Crippen molar-refractivity contribution < 1.29 is 14.3 Å². The monoisotopic (exact) mass is 530 g/mol. The van der Waals surface area contributed by atoms with Gasteiger partial charge in [-0.3, -0.25) is 0 Å². The van der Waals surface area contributed by atoms with E-state index in [4.69, 9.17) is 9.16 Å². The zero-order valence-corrected chi connectivity index (χ0v) is 26.6. The van der Waals surface area contributed by atoms with Gasteiger partial charge in [-0.15, -0.1) is 0 Å². The molecule has 4 heteroatoms. The van der Waals surface area contributed by atoms with Crippen LogP contribution in [0.15, 0.2) is 11.6 Å². The molecule has 0 bridgehead atoms. The Morgan fingerprint density at radius 2 is 1.89 bits per heavy atom. The molecule has 0 amide bonds. The molecule has 11 atom stereocenters. The van der Waals surface area contributed by atoms with Crippen molar-refractivity contribution in [3.05, 3.63) is 11.6 Å². The first-order chi connectivity index (χ1) is 17.2. The van der Waals surface area contributed by atoms with Crippen LogP contribution in [0.25, 0.3) is 0 Å². The molecule has 5 rings (SSSR count). The maximum absolute atomic E-state index is 10.3. The first-order valence-electron chi connectivity index (χ1n) is 15.8. The zero-order valence-electron chi connectivity index (χ0n) is 25.6. The van der Waals surface area contributed by atoms with Gasteiger partial charge in [0.1, 0.15) is 0 Å². The van der Waals surface area contributed by atoms with Crippen LogP contribution in [0.5, 0.6) is 0 Å². The number of aliphatic hydroxyl groups is 1. The van der Waals surface area contributed by atoms with E-state index >= 15 is 0 Å². The molecule has 4 aliphatic carbocycles. The molecule has 1 N–H and O–H groups in total. The Bertz CT molecular complexity index is 875. The van der Waals surface area contributed by atoms with E-state index in [1.165, 1.54) is 44.9 Å². The second-order valence-corrected chi connectivity index (χ2v) is 21.1. The average molecular weight is 531 g/mol. The molecule has 0 aromatic carbocycles. The summed E-state index contributed by atoms with van der Waals surface area (Å²) in [5, 5.41) is 10.6. The van der Waals surface area contributed by atoms with Gasteiger partial charge in [0.25, 0.3) is 0 Å². The molecule has 37 heavy (non-hydrogen) atoms. The third-order valence-corrected chi connectivity index (χ3v) is 17.6. The number of ether oxygens (including phenoxy) is 1. The van der Waals surface area contributed by atoms with Gasteiger partial charge in [-0.1, -0.05) is 60.1 Å². The Morgan fingerprint density at radius 1 is 1.16 bits per heavy atom. The number of aliphatic hydroxyl groups excluding tert-OH is 1. The Morgan fingerprint density at radius 3 is 2.59 bits per heavy atom. The molecule has 1 aliphatic heterocycles. The van der Waals surface area contributed by atoms with Gasteiger partial charge in [-0.25, -0.2) is 0 Å². The lowest BCUT2D eigenvalue weighted by Gasteiger charge is -2.58. The van der Waals surface area contributed by atoms with E-state index in [9.17, 15) is 5.11 Å². The van der Waals surface area contributed by atoms with Gasteiger partial charge in [-0.05, 0) is 122 Å². The van der Waals surface area contributed by atoms with Crippen molar-refractivity contribution in [3.8, 4) is 0 Å². The van der Waals surface area contributed by atoms with Crippen molar-refractivity contribution in [1.82, 2.24) is 0 Å². The normalized spacial score (nSPS) is 46.5. The fourth-order valence-corrected chi connectivity index (χ4v) is 10.9. The minimum atomic E-state index is -1.67. The standard InChI is InChI=1S/C33H58O3Si/c1-21(20-35-37(8,9)31(3,4)5)10-13-28-22(2)30-29(36-28)19-27-25-12-11-23-18-24(34)14-16-32(23,6)26(25)15-17-33(27,30)7/h11,21-22,24-30,34H,10,12-20H2,1-9H3/t21-,22-,24+,25-,26+,27+,28-,29+,30+,32+,33+/m1/s1. The smallest absolute Gasteiger partial charge is 0.191 e. The summed E-state index contributed by atoms with van der Waals surface area (Å²) in [6.07, 6.45) is 14.2. The largest absolute Gasteiger partial charge is 0.417 e. The van der Waals surface area contributed by atoms with Crippen LogP contribution in [-0.2, 0) is 9.16 Å². The average Bonchev–Trinajstić information content (AvgIpc) is 3.29. The van der Waals surface area contributed by atoms with Gasteiger partial charge in [0.15, 0.2) is 8.32 Å². The second-order valence-electron chi connectivity index (χ2n) is 16.3. The van der Waals surface area contributed by atoms with Gasteiger partial charge in [0, 0.05) is 6.61 Å². The van der Waals surface area contributed by atoms with Crippen molar-refractivity contribution in [2.24, 2.45) is 46.3 Å². The highest BCUT2D eigenvalue weighted by molar-refractivity contribution is 6.74. The molecule has 3 nitrogen and oxygen atoms in total. The van der Waals surface area contributed by atoms with Crippen LogP contribution in [0.4, 0.5) is 0 Å². The molecular formula is C33H58O3Si. The molecule has 0 aromatic heterocycles. The summed E-state index contributed by atoms with van der Waals surface area (Å²) in [7, 11) is -1.67. The molecule has 212 valence electrons. The molecule has 0 aromatic rings. The van der Waals surface area contributed by atoms with E-state index in [0.717, 1.165) is 43.1 Å². The zero-order chi connectivity index (χ0) is 27.0. The number of hydrogen-bond acceptors (Lipinski definition) is 3. The predicted octanol–water partition coefficient (Wildman–Crippen LogP) is 8.38. The van der Waals surface area contributed by atoms with E-state index < -0.39 is 8.32 Å². The molecule has 1 saturated heterocycles. The van der Waals surface area contributed by atoms with Gasteiger partial charge in [0.2, 0.25) is 0 Å². The van der Waals surface area contributed by atoms with Crippen LogP contribution in [-0.4, -0.2) is 38.3 Å². The summed E-state index contributed by atoms with van der Waals surface area (Å²) in [6, 6.07) is 0. The SMILES string of the molecule is C[C@H](CC[C@H]1O[C@H]2C[C@H]3[C@@H]4CC=C5C[C@@H](O)CC[C@]5(C)[C@H]4CC[C@]3(C)[C@H]2[C@@H]1C)CO[Si](C)(C)C(C)(C)C. The van der Waals surface area contributed by atoms with Gasteiger partial charge < -0.3 is 14.3 Å². The molecule has 4 fully saturated rings. The van der Waals surface area contributed by atoms with Crippen LogP contribution in [0.3, 0.4) is 0 Å². The van der Waals surface area contributed by atoms with E-state index in [-0.39, 0.29) is 11.1 Å². The van der Waals surface area contributed by atoms with Gasteiger partial charge >= 0.3 is 0 Å². The van der Waals surface area contributed by atoms with Crippen molar-refractivity contribution in [1.29, 1.82) is 0 Å². The fourth-order valence-electron chi connectivity index (χ4n) is 9.76. The van der Waals surface area contributed by atoms with E-state index in [2.05, 4.69) is 67.6 Å². The summed E-state index contributed by atoms with van der Waals surface area (Å²) in [4.78, 5) is 0. The first-order valence-corrected chi connectivity index (χ1v) is 18.7. The lowest BCUT2D eigenvalue weighted by Crippen LogP contribution is -2.51. The van der Waals surface area contributed by atoms with E-state index in [1.54, 1.807) is 5.57 Å². The Kier molecular flexibility index (Phi) is 7.46. The molecule has 0 unspecified atom stereocenters. The van der Waals surface area contributed by atoms with Gasteiger partial charge in [0.05, 0.1) is 18.3 Å². The maximum Gasteiger partial charge on any atom is 0.191 e. The van der Waals surface area contributed by atoms with Crippen molar-refractivity contribution in [2.75, 3.05) is 6.61 Å². The second kappa shape index (κ2) is 9.74. The molecule has 0 radical (unpaired) electrons. The van der Waals surface area contributed by atoms with E-state index in [0.29, 0.717) is 34.9 Å². The molecular weight excluding hydrogens is 472 g/mol. The highest BCUT2D eigenvalue weighted by Crippen LogP contribution is 2.69. The summed E-state index contributed by atoms with van der Waals surface area (Å²) >= 11 is 0. The number of allylic oxidation sites excluding steroid dienone is 1. The van der Waals surface area contributed by atoms with Crippen molar-refractivity contribution in [3.63, 3.8) is 0 Å². The van der Waals surface area contributed by atoms with Crippen LogP contribution in [0, 0.1) is 46.3 Å². The fraction of sp³-hybridized carbons (Fsp3) is 0.939. The summed E-state index contributed by atoms with van der Waals surface area (Å²) in [5.74, 6) is 4.43. The van der Waals surface area contributed by atoms with Crippen molar-refractivity contribution >= 4 is 8.32 Å². The Balaban J connectivity index is 1.20. The first kappa shape index (κ1) is 28.4. The topological polar surface area (TPSA) is 38.7 Å². The highest BCUT2D eigenvalue weighted by Gasteiger charge is 2.64. The van der Waals surface area contributed by atoms with Crippen molar-refractivity contribution in [2.45, 2.75) is 143 Å². The highest BCUT2D eigenvalue weighted by atomic mass is 28.4. The molecule has 3 saturated carbocycles.